The molecule has 0 atom stereocenters. The molecule has 1 saturated heterocycles. The molecule has 9 heteroatoms. The van der Waals surface area contributed by atoms with Gasteiger partial charge in [0, 0.05) is 32.7 Å². The largest absolute Gasteiger partial charge is 0.418 e. The quantitative estimate of drug-likeness (QED) is 0.543. The van der Waals surface area contributed by atoms with E-state index in [4.69, 9.17) is 23.8 Å². The first kappa shape index (κ1) is 20.8. The van der Waals surface area contributed by atoms with E-state index in [1.165, 1.54) is 24.3 Å². The number of nitrogens with one attached hydrogen (secondary N) is 1. The topological polar surface area (TPSA) is 18.5 Å². The van der Waals surface area contributed by atoms with Gasteiger partial charge in [-0.05, 0) is 42.0 Å². The van der Waals surface area contributed by atoms with Gasteiger partial charge in [-0.1, -0.05) is 29.8 Å². The lowest BCUT2D eigenvalue weighted by Crippen LogP contribution is -2.49. The Morgan fingerprint density at radius 2 is 1.75 bits per heavy atom. The lowest BCUT2D eigenvalue weighted by molar-refractivity contribution is -0.136. The summed E-state index contributed by atoms with van der Waals surface area (Å²) in [5, 5.41) is 3.08. The fourth-order valence-electron chi connectivity index (χ4n) is 3.04. The van der Waals surface area contributed by atoms with Crippen molar-refractivity contribution in [1.82, 2.24) is 9.80 Å². The summed E-state index contributed by atoms with van der Waals surface area (Å²) in [6.45, 7) is 3.13. The maximum Gasteiger partial charge on any atom is 0.418 e. The molecule has 1 aliphatic rings. The second kappa shape index (κ2) is 8.63. The molecular formula is C19H18ClF4N3S. The zero-order chi connectivity index (χ0) is 20.3. The highest BCUT2D eigenvalue weighted by Gasteiger charge is 2.33. The van der Waals surface area contributed by atoms with Crippen LogP contribution in [0.4, 0.5) is 23.2 Å². The second-order valence-electron chi connectivity index (χ2n) is 6.49. The molecule has 0 unspecified atom stereocenters. The minimum atomic E-state index is -4.45. The van der Waals surface area contributed by atoms with Crippen molar-refractivity contribution in [3.8, 4) is 0 Å². The van der Waals surface area contributed by atoms with E-state index in [1.54, 1.807) is 12.1 Å². The van der Waals surface area contributed by atoms with Crippen molar-refractivity contribution in [1.29, 1.82) is 0 Å². The maximum absolute atomic E-state index is 13.3. The Balaban J connectivity index is 1.56. The van der Waals surface area contributed by atoms with Crippen LogP contribution < -0.4 is 5.32 Å². The summed E-state index contributed by atoms with van der Waals surface area (Å²) in [6, 6.07) is 9.90. The SMILES string of the molecule is Fc1ccc(CN2CCN(C(=S)Nc3ccccc3C(F)(F)F)CC2)cc1Cl. The molecule has 150 valence electrons. The van der Waals surface area contributed by atoms with Gasteiger partial charge in [0.2, 0.25) is 0 Å². The van der Waals surface area contributed by atoms with Crippen molar-refractivity contribution in [2.24, 2.45) is 0 Å². The number of piperazine rings is 1. The van der Waals surface area contributed by atoms with Crippen LogP contribution in [0, 0.1) is 5.82 Å². The summed E-state index contributed by atoms with van der Waals surface area (Å²) in [5.74, 6) is -0.453. The summed E-state index contributed by atoms with van der Waals surface area (Å²) in [4.78, 5) is 4.00. The molecule has 1 fully saturated rings. The van der Waals surface area contributed by atoms with Crippen molar-refractivity contribution in [2.45, 2.75) is 12.7 Å². The zero-order valence-electron chi connectivity index (χ0n) is 14.8. The maximum atomic E-state index is 13.3. The third kappa shape index (κ3) is 5.12. The van der Waals surface area contributed by atoms with Crippen molar-refractivity contribution in [3.05, 3.63) is 64.4 Å². The van der Waals surface area contributed by atoms with Crippen LogP contribution in [0.1, 0.15) is 11.1 Å². The summed E-state index contributed by atoms with van der Waals surface area (Å²) < 4.78 is 52.6. The monoisotopic (exact) mass is 431 g/mol. The van der Waals surface area contributed by atoms with Crippen molar-refractivity contribution in [2.75, 3.05) is 31.5 Å². The summed E-state index contributed by atoms with van der Waals surface area (Å²) in [6.07, 6.45) is -4.45. The molecule has 3 rings (SSSR count). The van der Waals surface area contributed by atoms with Crippen molar-refractivity contribution >= 4 is 34.6 Å². The van der Waals surface area contributed by atoms with Crippen LogP contribution in [0.3, 0.4) is 0 Å². The number of para-hydroxylation sites is 1. The number of hydrogen-bond donors (Lipinski definition) is 1. The smallest absolute Gasteiger partial charge is 0.346 e. The highest BCUT2D eigenvalue weighted by Crippen LogP contribution is 2.34. The van der Waals surface area contributed by atoms with Gasteiger partial charge < -0.3 is 10.2 Å². The van der Waals surface area contributed by atoms with Crippen LogP contribution in [0.15, 0.2) is 42.5 Å². The fraction of sp³-hybridized carbons (Fsp3) is 0.316. The molecule has 2 aromatic rings. The van der Waals surface area contributed by atoms with E-state index < -0.39 is 17.6 Å². The highest BCUT2D eigenvalue weighted by molar-refractivity contribution is 7.80. The molecule has 0 aliphatic carbocycles. The van der Waals surface area contributed by atoms with Crippen LogP contribution in [0.2, 0.25) is 5.02 Å². The molecule has 0 amide bonds. The Labute approximate surface area is 170 Å². The van der Waals surface area contributed by atoms with Gasteiger partial charge in [-0.25, -0.2) is 4.39 Å². The number of anilines is 1. The number of alkyl halides is 3. The number of rotatable bonds is 3. The van der Waals surface area contributed by atoms with E-state index in [0.29, 0.717) is 32.7 Å². The first-order valence-electron chi connectivity index (χ1n) is 8.62. The van der Waals surface area contributed by atoms with Crippen LogP contribution >= 0.6 is 23.8 Å². The molecule has 0 radical (unpaired) electrons. The molecule has 1 N–H and O–H groups in total. The highest BCUT2D eigenvalue weighted by atomic mass is 35.5. The lowest BCUT2D eigenvalue weighted by atomic mass is 10.1. The molecule has 2 aromatic carbocycles. The van der Waals surface area contributed by atoms with Gasteiger partial charge in [0.15, 0.2) is 5.11 Å². The third-order valence-corrected chi connectivity index (χ3v) is 5.17. The Morgan fingerprint density at radius 1 is 1.07 bits per heavy atom. The van der Waals surface area contributed by atoms with Crippen molar-refractivity contribution < 1.29 is 17.6 Å². The van der Waals surface area contributed by atoms with Crippen molar-refractivity contribution in [3.63, 3.8) is 0 Å². The molecular weight excluding hydrogens is 414 g/mol. The molecule has 3 nitrogen and oxygen atoms in total. The van der Waals surface area contributed by atoms with E-state index in [0.717, 1.165) is 11.6 Å². The number of hydrogen-bond acceptors (Lipinski definition) is 2. The fourth-order valence-corrected chi connectivity index (χ4v) is 3.53. The predicted molar refractivity (Wildman–Crippen MR) is 106 cm³/mol. The summed E-state index contributed by atoms with van der Waals surface area (Å²) in [5.41, 5.74) is 0.104. The molecule has 0 bridgehead atoms. The number of benzene rings is 2. The number of thiocarbonyl (C=S) groups is 1. The van der Waals surface area contributed by atoms with E-state index in [2.05, 4.69) is 10.2 Å². The average Bonchev–Trinajstić information content (AvgIpc) is 2.65. The van der Waals surface area contributed by atoms with Gasteiger partial charge in [-0.3, -0.25) is 4.90 Å². The second-order valence-corrected chi connectivity index (χ2v) is 7.28. The zero-order valence-corrected chi connectivity index (χ0v) is 16.3. The normalized spacial score (nSPS) is 15.5. The van der Waals surface area contributed by atoms with E-state index in [-0.39, 0.29) is 15.8 Å². The number of halogens is 5. The Hall–Kier alpha value is -1.90. The van der Waals surface area contributed by atoms with Gasteiger partial charge in [-0.15, -0.1) is 0 Å². The first-order chi connectivity index (χ1) is 13.2. The van der Waals surface area contributed by atoms with Gasteiger partial charge in [0.25, 0.3) is 0 Å². The van der Waals surface area contributed by atoms with E-state index in [9.17, 15) is 17.6 Å². The van der Waals surface area contributed by atoms with E-state index in [1.807, 2.05) is 4.90 Å². The molecule has 1 aliphatic heterocycles. The van der Waals surface area contributed by atoms with Gasteiger partial charge in [0.05, 0.1) is 16.3 Å². The lowest BCUT2D eigenvalue weighted by Gasteiger charge is -2.36. The predicted octanol–water partition coefficient (Wildman–Crippen LogP) is 5.01. The van der Waals surface area contributed by atoms with E-state index >= 15 is 0 Å². The third-order valence-electron chi connectivity index (χ3n) is 4.52. The van der Waals surface area contributed by atoms with Crippen LogP contribution in [-0.2, 0) is 12.7 Å². The molecule has 0 spiro atoms. The van der Waals surface area contributed by atoms with Crippen LogP contribution in [-0.4, -0.2) is 41.1 Å². The van der Waals surface area contributed by atoms with Crippen LogP contribution in [0.5, 0.6) is 0 Å². The molecule has 1 heterocycles. The van der Waals surface area contributed by atoms with Gasteiger partial charge in [0.1, 0.15) is 5.82 Å². The molecule has 0 saturated carbocycles. The standard InChI is InChI=1S/C19H18ClF4N3S/c20-15-11-13(5-6-16(15)21)12-26-7-9-27(10-8-26)18(28)25-17-4-2-1-3-14(17)19(22,23)24/h1-6,11H,7-10,12H2,(H,25,28). The minimum absolute atomic E-state index is 0.0524. The van der Waals surface area contributed by atoms with Gasteiger partial charge >= 0.3 is 6.18 Å². The number of nitrogens with zero attached hydrogens (tertiary/aromatic N) is 2. The molecule has 0 aromatic heterocycles. The van der Waals surface area contributed by atoms with Crippen LogP contribution in [0.25, 0.3) is 0 Å². The Bertz CT molecular complexity index is 851. The summed E-state index contributed by atoms with van der Waals surface area (Å²) in [7, 11) is 0. The minimum Gasteiger partial charge on any atom is -0.346 e. The molecule has 28 heavy (non-hydrogen) atoms. The van der Waals surface area contributed by atoms with Gasteiger partial charge in [-0.2, -0.15) is 13.2 Å². The Morgan fingerprint density at radius 3 is 2.39 bits per heavy atom. The average molecular weight is 432 g/mol. The Kier molecular flexibility index (Phi) is 6.42. The summed E-state index contributed by atoms with van der Waals surface area (Å²) >= 11 is 11.1. The first-order valence-corrected chi connectivity index (χ1v) is 9.41.